The summed E-state index contributed by atoms with van der Waals surface area (Å²) in [6, 6.07) is 0. The molecule has 1 fully saturated rings. The molecular formula is C13H22N4O3S. The third-order valence-corrected chi connectivity index (χ3v) is 5.02. The Morgan fingerprint density at radius 1 is 1.29 bits per heavy atom. The molecule has 2 rings (SSSR count). The van der Waals surface area contributed by atoms with Crippen molar-refractivity contribution in [3.63, 3.8) is 0 Å². The maximum Gasteiger partial charge on any atom is 0.243 e. The van der Waals surface area contributed by atoms with Crippen molar-refractivity contribution in [2.24, 2.45) is 5.41 Å². The Morgan fingerprint density at radius 3 is 2.48 bits per heavy atom. The molecule has 0 unspecified atom stereocenters. The summed E-state index contributed by atoms with van der Waals surface area (Å²) in [5, 5.41) is 2.92. The summed E-state index contributed by atoms with van der Waals surface area (Å²) in [4.78, 5) is 8.05. The Hall–Kier alpha value is -1.25. The van der Waals surface area contributed by atoms with Gasteiger partial charge in [0.25, 0.3) is 0 Å². The van der Waals surface area contributed by atoms with Crippen LogP contribution in [-0.2, 0) is 14.8 Å². The lowest BCUT2D eigenvalue weighted by atomic mass is 9.83. The van der Waals surface area contributed by atoms with Crippen LogP contribution in [0.15, 0.2) is 17.3 Å². The maximum atomic E-state index is 12.2. The molecule has 0 atom stereocenters. The smallest absolute Gasteiger partial charge is 0.243 e. The van der Waals surface area contributed by atoms with E-state index >= 15 is 0 Å². The van der Waals surface area contributed by atoms with Crippen LogP contribution in [0.1, 0.15) is 26.7 Å². The number of aromatic nitrogens is 2. The molecular weight excluding hydrogens is 292 g/mol. The van der Waals surface area contributed by atoms with Crippen molar-refractivity contribution in [1.29, 1.82) is 0 Å². The predicted molar refractivity (Wildman–Crippen MR) is 79.5 cm³/mol. The van der Waals surface area contributed by atoms with Crippen LogP contribution in [-0.4, -0.2) is 44.7 Å². The average molecular weight is 314 g/mol. The molecule has 0 amide bonds. The minimum absolute atomic E-state index is 0.0596. The molecule has 21 heavy (non-hydrogen) atoms. The van der Waals surface area contributed by atoms with Crippen LogP contribution in [0.4, 0.5) is 5.95 Å². The second-order valence-electron chi connectivity index (χ2n) is 5.52. The van der Waals surface area contributed by atoms with Crippen molar-refractivity contribution in [1.82, 2.24) is 14.7 Å². The highest BCUT2D eigenvalue weighted by Gasteiger charge is 2.29. The van der Waals surface area contributed by atoms with Gasteiger partial charge in [-0.15, -0.1) is 0 Å². The van der Waals surface area contributed by atoms with Crippen LogP contribution < -0.4 is 10.0 Å². The highest BCUT2D eigenvalue weighted by Crippen LogP contribution is 2.29. The molecule has 118 valence electrons. The zero-order valence-corrected chi connectivity index (χ0v) is 13.2. The summed E-state index contributed by atoms with van der Waals surface area (Å²) in [6.45, 7) is 6.43. The largest absolute Gasteiger partial charge is 0.381 e. The number of nitrogens with zero attached hydrogens (tertiary/aromatic N) is 2. The van der Waals surface area contributed by atoms with E-state index in [1.807, 2.05) is 6.92 Å². The fourth-order valence-corrected chi connectivity index (χ4v) is 3.19. The Balaban J connectivity index is 2.00. The maximum absolute atomic E-state index is 12.2. The average Bonchev–Trinajstić information content (AvgIpc) is 2.47. The second-order valence-corrected chi connectivity index (χ2v) is 7.29. The number of nitrogens with one attached hydrogen (secondary N) is 2. The second kappa shape index (κ2) is 6.67. The van der Waals surface area contributed by atoms with Gasteiger partial charge < -0.3 is 10.1 Å². The molecule has 0 aromatic carbocycles. The minimum Gasteiger partial charge on any atom is -0.381 e. The van der Waals surface area contributed by atoms with Crippen molar-refractivity contribution < 1.29 is 13.2 Å². The third kappa shape index (κ3) is 4.36. The molecule has 2 N–H and O–H groups in total. The van der Waals surface area contributed by atoms with E-state index < -0.39 is 10.0 Å². The molecule has 0 radical (unpaired) electrons. The summed E-state index contributed by atoms with van der Waals surface area (Å²) in [5.74, 6) is 0.424. The van der Waals surface area contributed by atoms with Crippen LogP contribution in [0.3, 0.4) is 0 Å². The van der Waals surface area contributed by atoms with Gasteiger partial charge in [-0.25, -0.2) is 23.1 Å². The normalized spacial score (nSPS) is 18.4. The van der Waals surface area contributed by atoms with Gasteiger partial charge in [-0.1, -0.05) is 6.92 Å². The van der Waals surface area contributed by atoms with Gasteiger partial charge in [-0.05, 0) is 25.2 Å². The van der Waals surface area contributed by atoms with Gasteiger partial charge in [-0.2, -0.15) is 0 Å². The first-order valence-corrected chi connectivity index (χ1v) is 8.57. The standard InChI is InChI=1S/C13H22N4O3S/c1-3-14-12-15-8-11(9-16-12)21(18,19)17-10-13(2)4-6-20-7-5-13/h8-9,17H,3-7,10H2,1-2H3,(H,14,15,16). The number of ether oxygens (including phenoxy) is 1. The first-order valence-electron chi connectivity index (χ1n) is 7.08. The number of sulfonamides is 1. The fourth-order valence-electron chi connectivity index (χ4n) is 2.10. The van der Waals surface area contributed by atoms with Gasteiger partial charge in [0.2, 0.25) is 16.0 Å². The van der Waals surface area contributed by atoms with Gasteiger partial charge in [0.1, 0.15) is 4.90 Å². The number of hydrogen-bond acceptors (Lipinski definition) is 6. The third-order valence-electron chi connectivity index (χ3n) is 3.66. The van der Waals surface area contributed by atoms with Crippen LogP contribution in [0, 0.1) is 5.41 Å². The molecule has 1 aliphatic rings. The fraction of sp³-hybridized carbons (Fsp3) is 0.692. The summed E-state index contributed by atoms with van der Waals surface area (Å²) in [6.07, 6.45) is 4.34. The van der Waals surface area contributed by atoms with Gasteiger partial charge >= 0.3 is 0 Å². The Morgan fingerprint density at radius 2 is 1.90 bits per heavy atom. The monoisotopic (exact) mass is 314 g/mol. The summed E-state index contributed by atoms with van der Waals surface area (Å²) in [7, 11) is -3.57. The molecule has 0 aliphatic carbocycles. The minimum atomic E-state index is -3.57. The first-order chi connectivity index (χ1) is 9.95. The molecule has 8 heteroatoms. The van der Waals surface area contributed by atoms with Gasteiger partial charge in [0.05, 0.1) is 12.4 Å². The topological polar surface area (TPSA) is 93.2 Å². The van der Waals surface area contributed by atoms with E-state index in [2.05, 4.69) is 26.9 Å². The molecule has 0 spiro atoms. The summed E-state index contributed by atoms with van der Waals surface area (Å²) < 4.78 is 32.5. The lowest BCUT2D eigenvalue weighted by Gasteiger charge is -2.33. The molecule has 1 saturated heterocycles. The number of hydrogen-bond donors (Lipinski definition) is 2. The van der Waals surface area contributed by atoms with E-state index in [0.29, 0.717) is 32.3 Å². The highest BCUT2D eigenvalue weighted by molar-refractivity contribution is 7.89. The van der Waals surface area contributed by atoms with Crippen LogP contribution in [0.5, 0.6) is 0 Å². The van der Waals surface area contributed by atoms with E-state index in [4.69, 9.17) is 4.74 Å². The van der Waals surface area contributed by atoms with Crippen molar-refractivity contribution in [3.8, 4) is 0 Å². The molecule has 0 bridgehead atoms. The van der Waals surface area contributed by atoms with Crippen molar-refractivity contribution in [2.45, 2.75) is 31.6 Å². The van der Waals surface area contributed by atoms with Crippen molar-refractivity contribution in [3.05, 3.63) is 12.4 Å². The van der Waals surface area contributed by atoms with E-state index in [0.717, 1.165) is 12.8 Å². The Labute approximate surface area is 125 Å². The van der Waals surface area contributed by atoms with Gasteiger partial charge in [0.15, 0.2) is 0 Å². The van der Waals surface area contributed by atoms with E-state index in [-0.39, 0.29) is 10.3 Å². The van der Waals surface area contributed by atoms with Crippen molar-refractivity contribution >= 4 is 16.0 Å². The molecule has 1 aliphatic heterocycles. The van der Waals surface area contributed by atoms with Gasteiger partial charge in [0, 0.05) is 26.3 Å². The van der Waals surface area contributed by atoms with E-state index in [9.17, 15) is 8.42 Å². The van der Waals surface area contributed by atoms with Crippen LogP contribution >= 0.6 is 0 Å². The Kier molecular flexibility index (Phi) is 5.13. The predicted octanol–water partition coefficient (Wildman–Crippen LogP) is 1.00. The molecule has 7 nitrogen and oxygen atoms in total. The van der Waals surface area contributed by atoms with Crippen LogP contribution in [0.25, 0.3) is 0 Å². The number of anilines is 1. The molecule has 1 aromatic rings. The zero-order chi connectivity index (χ0) is 15.3. The summed E-state index contributed by atoms with van der Waals surface area (Å²) in [5.41, 5.74) is -0.0596. The molecule has 2 heterocycles. The summed E-state index contributed by atoms with van der Waals surface area (Å²) >= 11 is 0. The molecule has 0 saturated carbocycles. The first kappa shape index (κ1) is 16.1. The van der Waals surface area contributed by atoms with E-state index in [1.54, 1.807) is 0 Å². The van der Waals surface area contributed by atoms with E-state index in [1.165, 1.54) is 12.4 Å². The lowest BCUT2D eigenvalue weighted by molar-refractivity contribution is 0.0264. The van der Waals surface area contributed by atoms with Crippen molar-refractivity contribution in [2.75, 3.05) is 31.6 Å². The highest BCUT2D eigenvalue weighted by atomic mass is 32.2. The quantitative estimate of drug-likeness (QED) is 0.814. The Bertz CT molecular complexity index is 553. The number of rotatable bonds is 6. The zero-order valence-electron chi connectivity index (χ0n) is 12.4. The SMILES string of the molecule is CCNc1ncc(S(=O)(=O)NCC2(C)CCOCC2)cn1. The van der Waals surface area contributed by atoms with Gasteiger partial charge in [-0.3, -0.25) is 0 Å². The molecule has 1 aromatic heterocycles. The van der Waals surface area contributed by atoms with Crippen LogP contribution in [0.2, 0.25) is 0 Å². The lowest BCUT2D eigenvalue weighted by Crippen LogP contribution is -2.39.